The molecule has 2 fully saturated rings. The van der Waals surface area contributed by atoms with E-state index in [2.05, 4.69) is 11.4 Å². The number of nitrogens with zero attached hydrogens (tertiary/aromatic N) is 1. The van der Waals surface area contributed by atoms with Crippen molar-refractivity contribution in [2.45, 2.75) is 0 Å². The Morgan fingerprint density at radius 2 is 2.33 bits per heavy atom. The van der Waals surface area contributed by atoms with E-state index in [1.807, 2.05) is 0 Å². The number of hydrogen-bond acceptors (Lipinski definition) is 4. The third kappa shape index (κ3) is 0.952. The summed E-state index contributed by atoms with van der Waals surface area (Å²) < 4.78 is 22.5. The topological polar surface area (TPSA) is 70.0 Å². The summed E-state index contributed by atoms with van der Waals surface area (Å²) in [6.45, 7) is 1.21. The van der Waals surface area contributed by atoms with Crippen LogP contribution in [-0.2, 0) is 9.84 Å². The van der Waals surface area contributed by atoms with Gasteiger partial charge in [0.15, 0.2) is 9.84 Å². The molecule has 0 aliphatic carbocycles. The molecule has 0 radical (unpaired) electrons. The second kappa shape index (κ2) is 2.21. The predicted molar refractivity (Wildman–Crippen MR) is 43.1 cm³/mol. The Kier molecular flexibility index (Phi) is 1.48. The van der Waals surface area contributed by atoms with Gasteiger partial charge in [0.2, 0.25) is 0 Å². The maximum Gasteiger partial charge on any atom is 0.152 e. The molecule has 66 valence electrons. The molecule has 2 aliphatic rings. The van der Waals surface area contributed by atoms with Crippen molar-refractivity contribution in [3.05, 3.63) is 0 Å². The number of nitriles is 1. The van der Waals surface area contributed by atoms with Gasteiger partial charge >= 0.3 is 0 Å². The van der Waals surface area contributed by atoms with Crippen LogP contribution < -0.4 is 5.32 Å². The Morgan fingerprint density at radius 3 is 2.92 bits per heavy atom. The molecule has 0 aromatic rings. The lowest BCUT2D eigenvalue weighted by Gasteiger charge is -2.15. The van der Waals surface area contributed by atoms with Crippen LogP contribution in [0.3, 0.4) is 0 Å². The van der Waals surface area contributed by atoms with Gasteiger partial charge < -0.3 is 5.32 Å². The Balaban J connectivity index is 2.40. The predicted octanol–water partition coefficient (Wildman–Crippen LogP) is -0.856. The fourth-order valence-electron chi connectivity index (χ4n) is 2.12. The quantitative estimate of drug-likeness (QED) is 0.534. The van der Waals surface area contributed by atoms with E-state index in [1.54, 1.807) is 0 Å². The number of hydrogen-bond donors (Lipinski definition) is 1. The first-order chi connectivity index (χ1) is 5.58. The lowest BCUT2D eigenvalue weighted by atomic mass is 9.83. The monoisotopic (exact) mass is 186 g/mol. The zero-order valence-electron chi connectivity index (χ0n) is 6.58. The molecule has 0 bridgehead atoms. The summed E-state index contributed by atoms with van der Waals surface area (Å²) in [5, 5.41) is 12.0. The first-order valence-corrected chi connectivity index (χ1v) is 5.73. The van der Waals surface area contributed by atoms with Gasteiger partial charge in [0.1, 0.15) is 0 Å². The Bertz CT molecular complexity index is 343. The van der Waals surface area contributed by atoms with E-state index in [0.717, 1.165) is 0 Å². The number of fused-ring (bicyclic) bond motifs is 1. The average molecular weight is 186 g/mol. The number of nitrogens with one attached hydrogen (secondary N) is 1. The first kappa shape index (κ1) is 8.02. The van der Waals surface area contributed by atoms with Crippen molar-refractivity contribution >= 4 is 9.84 Å². The van der Waals surface area contributed by atoms with E-state index in [0.29, 0.717) is 13.1 Å². The van der Waals surface area contributed by atoms with Crippen LogP contribution in [0.1, 0.15) is 0 Å². The van der Waals surface area contributed by atoms with Crippen LogP contribution in [0, 0.1) is 22.7 Å². The largest absolute Gasteiger partial charge is 0.315 e. The van der Waals surface area contributed by atoms with Crippen molar-refractivity contribution in [2.75, 3.05) is 24.6 Å². The van der Waals surface area contributed by atoms with E-state index < -0.39 is 15.3 Å². The van der Waals surface area contributed by atoms with Crippen molar-refractivity contribution in [1.29, 1.82) is 5.26 Å². The molecule has 2 heterocycles. The van der Waals surface area contributed by atoms with Gasteiger partial charge in [0.05, 0.1) is 23.0 Å². The molecule has 0 unspecified atom stereocenters. The summed E-state index contributed by atoms with van der Waals surface area (Å²) in [6.07, 6.45) is 0. The van der Waals surface area contributed by atoms with Gasteiger partial charge in [0.25, 0.3) is 0 Å². The molecular formula is C7H10N2O2S. The highest BCUT2D eigenvalue weighted by Crippen LogP contribution is 2.39. The van der Waals surface area contributed by atoms with E-state index >= 15 is 0 Å². The van der Waals surface area contributed by atoms with E-state index in [1.165, 1.54) is 0 Å². The van der Waals surface area contributed by atoms with E-state index in [9.17, 15) is 8.42 Å². The minimum absolute atomic E-state index is 0.0208. The summed E-state index contributed by atoms with van der Waals surface area (Å²) >= 11 is 0. The highest BCUT2D eigenvalue weighted by Gasteiger charge is 2.53. The molecule has 4 nitrogen and oxygen atoms in total. The second-order valence-corrected chi connectivity index (χ2v) is 5.76. The molecule has 0 aromatic heterocycles. The molecule has 1 N–H and O–H groups in total. The van der Waals surface area contributed by atoms with E-state index in [4.69, 9.17) is 5.26 Å². The minimum Gasteiger partial charge on any atom is -0.315 e. The van der Waals surface area contributed by atoms with E-state index in [-0.39, 0.29) is 17.4 Å². The lowest BCUT2D eigenvalue weighted by Crippen LogP contribution is -2.27. The fraction of sp³-hybridized carbons (Fsp3) is 0.857. The summed E-state index contributed by atoms with van der Waals surface area (Å²) in [5.74, 6) is 0.259. The molecular weight excluding hydrogens is 176 g/mol. The van der Waals surface area contributed by atoms with Gasteiger partial charge in [-0.2, -0.15) is 5.26 Å². The second-order valence-electron chi connectivity index (χ2n) is 3.65. The van der Waals surface area contributed by atoms with Gasteiger partial charge in [-0.1, -0.05) is 0 Å². The molecule has 0 spiro atoms. The number of rotatable bonds is 0. The first-order valence-electron chi connectivity index (χ1n) is 3.90. The average Bonchev–Trinajstić information content (AvgIpc) is 2.40. The lowest BCUT2D eigenvalue weighted by molar-refractivity contribution is 0.410. The van der Waals surface area contributed by atoms with Crippen LogP contribution in [0.5, 0.6) is 0 Å². The maximum atomic E-state index is 11.2. The molecule has 2 aliphatic heterocycles. The Labute approximate surface area is 71.5 Å². The van der Waals surface area contributed by atoms with Crippen molar-refractivity contribution in [2.24, 2.45) is 11.3 Å². The molecule has 0 amide bonds. The molecule has 2 rings (SSSR count). The van der Waals surface area contributed by atoms with Crippen molar-refractivity contribution < 1.29 is 8.42 Å². The van der Waals surface area contributed by atoms with Gasteiger partial charge in [-0.25, -0.2) is 8.42 Å². The fourth-order valence-corrected chi connectivity index (χ4v) is 4.47. The third-order valence-corrected chi connectivity index (χ3v) is 4.63. The van der Waals surface area contributed by atoms with Crippen LogP contribution in [-0.4, -0.2) is 33.0 Å². The molecule has 0 aromatic carbocycles. The molecule has 2 saturated heterocycles. The molecule has 2 atom stereocenters. The molecule has 5 heteroatoms. The van der Waals surface area contributed by atoms with Gasteiger partial charge in [-0.3, -0.25) is 0 Å². The summed E-state index contributed by atoms with van der Waals surface area (Å²) in [4.78, 5) is 0. The SMILES string of the molecule is N#C[C@@]12CNC[C@H]1CS(=O)(=O)C2. The Morgan fingerprint density at radius 1 is 1.58 bits per heavy atom. The van der Waals surface area contributed by atoms with Crippen LogP contribution in [0.2, 0.25) is 0 Å². The standard InChI is InChI=1S/C7H10N2O2S/c8-3-7-4-9-1-6(7)2-12(10,11)5-7/h6,9H,1-2,4-5H2/t6-,7-/m0/s1. The summed E-state index contributed by atoms with van der Waals surface area (Å²) in [5.41, 5.74) is -0.612. The van der Waals surface area contributed by atoms with Crippen molar-refractivity contribution in [3.63, 3.8) is 0 Å². The summed E-state index contributed by atoms with van der Waals surface area (Å²) in [7, 11) is -2.94. The van der Waals surface area contributed by atoms with Crippen molar-refractivity contribution in [3.8, 4) is 6.07 Å². The maximum absolute atomic E-state index is 11.2. The normalized spacial score (nSPS) is 43.8. The van der Waals surface area contributed by atoms with Crippen LogP contribution >= 0.6 is 0 Å². The van der Waals surface area contributed by atoms with Crippen LogP contribution in [0.4, 0.5) is 0 Å². The van der Waals surface area contributed by atoms with Gasteiger partial charge in [-0.05, 0) is 0 Å². The highest BCUT2D eigenvalue weighted by atomic mass is 32.2. The van der Waals surface area contributed by atoms with Crippen molar-refractivity contribution in [1.82, 2.24) is 5.32 Å². The van der Waals surface area contributed by atoms with Crippen LogP contribution in [0.25, 0.3) is 0 Å². The van der Waals surface area contributed by atoms with Gasteiger partial charge in [-0.15, -0.1) is 0 Å². The zero-order chi connectivity index (χ0) is 8.82. The molecule has 0 saturated carbocycles. The zero-order valence-corrected chi connectivity index (χ0v) is 7.39. The minimum atomic E-state index is -2.94. The number of sulfone groups is 1. The third-order valence-electron chi connectivity index (χ3n) is 2.77. The Hall–Kier alpha value is -0.600. The molecule has 12 heavy (non-hydrogen) atoms. The van der Waals surface area contributed by atoms with Crippen LogP contribution in [0.15, 0.2) is 0 Å². The van der Waals surface area contributed by atoms with Gasteiger partial charge in [0, 0.05) is 19.0 Å². The highest BCUT2D eigenvalue weighted by molar-refractivity contribution is 7.91. The smallest absolute Gasteiger partial charge is 0.152 e. The summed E-state index contributed by atoms with van der Waals surface area (Å²) in [6, 6.07) is 2.15.